The van der Waals surface area contributed by atoms with Crippen LogP contribution < -0.4 is 5.32 Å². The first kappa shape index (κ1) is 11.0. The minimum Gasteiger partial charge on any atom is -0.333 e. The van der Waals surface area contributed by atoms with E-state index in [0.717, 1.165) is 18.4 Å². The van der Waals surface area contributed by atoms with Gasteiger partial charge in [0.2, 0.25) is 5.91 Å². The number of hydrogen-bond acceptors (Lipinski definition) is 1. The number of carbonyl (C=O) groups excluding carboxylic acids is 1. The third kappa shape index (κ3) is 5.71. The predicted molar refractivity (Wildman–Crippen MR) is 51.6 cm³/mol. The molecule has 0 rings (SSSR count). The highest BCUT2D eigenvalue weighted by Gasteiger charge is 1.88. The summed E-state index contributed by atoms with van der Waals surface area (Å²) in [7, 11) is 0. The highest BCUT2D eigenvalue weighted by Crippen LogP contribution is 2.01. The van der Waals surface area contributed by atoms with Crippen molar-refractivity contribution < 1.29 is 4.79 Å². The molecule has 0 saturated carbocycles. The summed E-state index contributed by atoms with van der Waals surface area (Å²) in [5.41, 5.74) is 1.15. The predicted octanol–water partition coefficient (Wildman–Crippen LogP) is 2.38. The van der Waals surface area contributed by atoms with Gasteiger partial charge in [0.05, 0.1) is 0 Å². The van der Waals surface area contributed by atoms with Crippen LogP contribution in [0.4, 0.5) is 0 Å². The van der Waals surface area contributed by atoms with Crippen molar-refractivity contribution in [1.82, 2.24) is 5.32 Å². The molecule has 0 atom stereocenters. The highest BCUT2D eigenvalue weighted by atomic mass is 16.1. The van der Waals surface area contributed by atoms with Gasteiger partial charge in [-0.05, 0) is 18.4 Å². The van der Waals surface area contributed by atoms with Gasteiger partial charge in [-0.15, -0.1) is 0 Å². The van der Waals surface area contributed by atoms with Crippen molar-refractivity contribution in [2.75, 3.05) is 0 Å². The van der Waals surface area contributed by atoms with Gasteiger partial charge in [0, 0.05) is 13.1 Å². The average molecular weight is 167 g/mol. The van der Waals surface area contributed by atoms with Crippen molar-refractivity contribution in [3.8, 4) is 0 Å². The van der Waals surface area contributed by atoms with Gasteiger partial charge in [0.25, 0.3) is 0 Å². The van der Waals surface area contributed by atoms with Crippen molar-refractivity contribution in [3.05, 3.63) is 23.9 Å². The van der Waals surface area contributed by atoms with Gasteiger partial charge in [-0.3, -0.25) is 4.79 Å². The van der Waals surface area contributed by atoms with Gasteiger partial charge in [-0.25, -0.2) is 0 Å². The molecule has 0 aliphatic heterocycles. The van der Waals surface area contributed by atoms with Crippen molar-refractivity contribution in [3.63, 3.8) is 0 Å². The fraction of sp³-hybridized carbons (Fsp3) is 0.500. The first-order chi connectivity index (χ1) is 5.70. The minimum absolute atomic E-state index is 0.0224. The zero-order valence-corrected chi connectivity index (χ0v) is 8.05. The number of nitrogens with one attached hydrogen (secondary N) is 1. The van der Waals surface area contributed by atoms with Gasteiger partial charge in [0.15, 0.2) is 0 Å². The molecular weight excluding hydrogens is 150 g/mol. The molecule has 0 spiro atoms. The molecule has 12 heavy (non-hydrogen) atoms. The van der Waals surface area contributed by atoms with Crippen LogP contribution in [0.1, 0.15) is 33.6 Å². The topological polar surface area (TPSA) is 29.1 Å². The lowest BCUT2D eigenvalue weighted by Gasteiger charge is -1.97. The first-order valence-corrected chi connectivity index (χ1v) is 4.33. The van der Waals surface area contributed by atoms with Crippen LogP contribution in [-0.2, 0) is 4.79 Å². The zero-order valence-electron chi connectivity index (χ0n) is 8.05. The Labute approximate surface area is 74.4 Å². The lowest BCUT2D eigenvalue weighted by atomic mass is 10.2. The van der Waals surface area contributed by atoms with Gasteiger partial charge in [-0.2, -0.15) is 0 Å². The summed E-state index contributed by atoms with van der Waals surface area (Å²) >= 11 is 0. The fourth-order valence-corrected chi connectivity index (χ4v) is 0.732. The Bertz CT molecular complexity index is 192. The van der Waals surface area contributed by atoms with Crippen LogP contribution in [0.2, 0.25) is 0 Å². The van der Waals surface area contributed by atoms with Crippen LogP contribution in [0.3, 0.4) is 0 Å². The maximum absolute atomic E-state index is 10.6. The van der Waals surface area contributed by atoms with Crippen LogP contribution in [-0.4, -0.2) is 5.91 Å². The summed E-state index contributed by atoms with van der Waals surface area (Å²) in [5.74, 6) is -0.0224. The smallest absolute Gasteiger partial charge is 0.220 e. The molecule has 0 fully saturated rings. The van der Waals surface area contributed by atoms with Crippen molar-refractivity contribution >= 4 is 5.91 Å². The molecule has 68 valence electrons. The Hall–Kier alpha value is -1.05. The molecule has 0 aromatic carbocycles. The number of amides is 1. The maximum atomic E-state index is 10.6. The van der Waals surface area contributed by atoms with E-state index in [4.69, 9.17) is 0 Å². The summed E-state index contributed by atoms with van der Waals surface area (Å²) in [5, 5.41) is 2.65. The molecular formula is C10H17NO. The second kappa shape index (κ2) is 6.65. The Morgan fingerprint density at radius 1 is 1.42 bits per heavy atom. The molecule has 2 nitrogen and oxygen atoms in total. The number of rotatable bonds is 4. The third-order valence-corrected chi connectivity index (χ3v) is 1.44. The summed E-state index contributed by atoms with van der Waals surface area (Å²) in [6.45, 7) is 5.66. The van der Waals surface area contributed by atoms with Gasteiger partial charge in [0.1, 0.15) is 0 Å². The van der Waals surface area contributed by atoms with Crippen molar-refractivity contribution in [2.45, 2.75) is 33.6 Å². The van der Waals surface area contributed by atoms with E-state index in [1.54, 1.807) is 6.20 Å². The van der Waals surface area contributed by atoms with E-state index in [1.165, 1.54) is 6.92 Å². The third-order valence-electron chi connectivity index (χ3n) is 1.44. The Morgan fingerprint density at radius 3 is 2.50 bits per heavy atom. The molecule has 0 aromatic rings. The first-order valence-electron chi connectivity index (χ1n) is 4.33. The summed E-state index contributed by atoms with van der Waals surface area (Å²) in [6, 6.07) is 0. The molecule has 1 amide bonds. The normalized spacial score (nSPS) is 12.1. The summed E-state index contributed by atoms with van der Waals surface area (Å²) in [6.07, 6.45) is 7.84. The SMILES string of the molecule is CC/C=C/C(=C/NC(C)=O)CC. The van der Waals surface area contributed by atoms with E-state index in [1.807, 2.05) is 6.08 Å². The Morgan fingerprint density at radius 2 is 2.08 bits per heavy atom. The average Bonchev–Trinajstić information content (AvgIpc) is 2.05. The van der Waals surface area contributed by atoms with Gasteiger partial charge < -0.3 is 5.32 Å². The van der Waals surface area contributed by atoms with Crippen LogP contribution in [0.15, 0.2) is 23.9 Å². The summed E-state index contributed by atoms with van der Waals surface area (Å²) in [4.78, 5) is 10.6. The van der Waals surface area contributed by atoms with Crippen LogP contribution in [0.5, 0.6) is 0 Å². The number of hydrogen-bond donors (Lipinski definition) is 1. The molecule has 0 saturated heterocycles. The van der Waals surface area contributed by atoms with Gasteiger partial charge >= 0.3 is 0 Å². The number of allylic oxidation sites excluding steroid dienone is 3. The molecule has 2 heteroatoms. The molecule has 1 N–H and O–H groups in total. The molecule has 0 aromatic heterocycles. The van der Waals surface area contributed by atoms with Crippen molar-refractivity contribution in [2.24, 2.45) is 0 Å². The van der Waals surface area contributed by atoms with E-state index in [0.29, 0.717) is 0 Å². The van der Waals surface area contributed by atoms with E-state index in [-0.39, 0.29) is 5.91 Å². The molecule has 0 bridgehead atoms. The monoisotopic (exact) mass is 167 g/mol. The van der Waals surface area contributed by atoms with Crippen LogP contribution in [0, 0.1) is 0 Å². The lowest BCUT2D eigenvalue weighted by molar-refractivity contribution is -0.118. The quantitative estimate of drug-likeness (QED) is 0.640. The lowest BCUT2D eigenvalue weighted by Crippen LogP contribution is -2.12. The van der Waals surface area contributed by atoms with E-state index in [9.17, 15) is 4.79 Å². The van der Waals surface area contributed by atoms with E-state index >= 15 is 0 Å². The standard InChI is InChI=1S/C10H17NO/c1-4-6-7-10(5-2)8-11-9(3)12/h6-8H,4-5H2,1-3H3,(H,11,12)/b7-6+,10-8+. The largest absolute Gasteiger partial charge is 0.333 e. The fourth-order valence-electron chi connectivity index (χ4n) is 0.732. The minimum atomic E-state index is -0.0224. The molecule has 0 aliphatic rings. The van der Waals surface area contributed by atoms with Gasteiger partial charge in [-0.1, -0.05) is 26.0 Å². The highest BCUT2D eigenvalue weighted by molar-refractivity contribution is 5.74. The molecule has 0 unspecified atom stereocenters. The van der Waals surface area contributed by atoms with E-state index < -0.39 is 0 Å². The van der Waals surface area contributed by atoms with Crippen LogP contribution >= 0.6 is 0 Å². The Kier molecular flexibility index (Phi) is 6.07. The van der Waals surface area contributed by atoms with E-state index in [2.05, 4.69) is 25.2 Å². The molecule has 0 heterocycles. The second-order valence-corrected chi connectivity index (χ2v) is 2.58. The van der Waals surface area contributed by atoms with Crippen molar-refractivity contribution in [1.29, 1.82) is 0 Å². The number of carbonyl (C=O) groups is 1. The maximum Gasteiger partial charge on any atom is 0.220 e. The second-order valence-electron chi connectivity index (χ2n) is 2.58. The zero-order chi connectivity index (χ0) is 9.40. The summed E-state index contributed by atoms with van der Waals surface area (Å²) < 4.78 is 0. The molecule has 0 radical (unpaired) electrons. The van der Waals surface area contributed by atoms with Crippen LogP contribution in [0.25, 0.3) is 0 Å². The molecule has 0 aliphatic carbocycles. The Balaban J connectivity index is 4.04.